The Labute approximate surface area is 106 Å². The van der Waals surface area contributed by atoms with Crippen LogP contribution in [0.5, 0.6) is 0 Å². The first-order chi connectivity index (χ1) is 8.33. The topological polar surface area (TPSA) is 21.3 Å². The third-order valence-corrected chi connectivity index (χ3v) is 4.37. The molecular weight excluding hydrogens is 230 g/mol. The number of rotatable bonds is 1. The molecule has 1 fully saturated rings. The third kappa shape index (κ3) is 2.37. The van der Waals surface area contributed by atoms with Crippen molar-refractivity contribution in [3.8, 4) is 0 Å². The highest BCUT2D eigenvalue weighted by Gasteiger charge is 2.19. The Morgan fingerprint density at radius 2 is 2.18 bits per heavy atom. The van der Waals surface area contributed by atoms with Crippen LogP contribution in [0.25, 0.3) is 10.1 Å². The summed E-state index contributed by atoms with van der Waals surface area (Å²) in [4.78, 5) is 1.34. The summed E-state index contributed by atoms with van der Waals surface area (Å²) in [5.41, 5.74) is 0. The van der Waals surface area contributed by atoms with E-state index < -0.39 is 0 Å². The maximum absolute atomic E-state index is 5.98. The maximum atomic E-state index is 5.98. The number of fused-ring (bicyclic) bond motifs is 1. The van der Waals surface area contributed by atoms with Crippen molar-refractivity contribution < 1.29 is 4.74 Å². The van der Waals surface area contributed by atoms with E-state index >= 15 is 0 Å². The molecule has 1 aliphatic heterocycles. The molecule has 0 spiro atoms. The summed E-state index contributed by atoms with van der Waals surface area (Å²) in [6.45, 7) is 5.06. The first-order valence-corrected chi connectivity index (χ1v) is 6.95. The number of hydrogen-bond donors (Lipinski definition) is 1. The van der Waals surface area contributed by atoms with Crippen molar-refractivity contribution in [1.29, 1.82) is 0 Å². The fourth-order valence-corrected chi connectivity index (χ4v) is 3.32. The van der Waals surface area contributed by atoms with Crippen molar-refractivity contribution in [3.05, 3.63) is 35.2 Å². The largest absolute Gasteiger partial charge is 0.371 e. The van der Waals surface area contributed by atoms with Crippen molar-refractivity contribution in [1.82, 2.24) is 5.32 Å². The minimum atomic E-state index is 0.220. The maximum Gasteiger partial charge on any atom is 0.104 e. The normalized spacial score (nSPS) is 25.9. The van der Waals surface area contributed by atoms with Crippen LogP contribution in [0.15, 0.2) is 30.3 Å². The van der Waals surface area contributed by atoms with Gasteiger partial charge in [0.1, 0.15) is 6.10 Å². The van der Waals surface area contributed by atoms with Crippen molar-refractivity contribution in [2.24, 2.45) is 5.92 Å². The van der Waals surface area contributed by atoms with Crippen LogP contribution >= 0.6 is 11.3 Å². The van der Waals surface area contributed by atoms with Gasteiger partial charge in [0.2, 0.25) is 0 Å². The van der Waals surface area contributed by atoms with Crippen molar-refractivity contribution in [3.63, 3.8) is 0 Å². The SMILES string of the molecule is CC1CNCC(c2cc3ccccc3s2)OC1. The minimum Gasteiger partial charge on any atom is -0.371 e. The highest BCUT2D eigenvalue weighted by Crippen LogP contribution is 2.32. The van der Waals surface area contributed by atoms with Crippen molar-refractivity contribution in [2.75, 3.05) is 19.7 Å². The molecule has 1 aromatic heterocycles. The smallest absolute Gasteiger partial charge is 0.104 e. The summed E-state index contributed by atoms with van der Waals surface area (Å²) < 4.78 is 7.33. The Hall–Kier alpha value is -0.900. The van der Waals surface area contributed by atoms with E-state index in [-0.39, 0.29) is 6.10 Å². The highest BCUT2D eigenvalue weighted by molar-refractivity contribution is 7.19. The van der Waals surface area contributed by atoms with Crippen LogP contribution in [0, 0.1) is 5.92 Å². The third-order valence-electron chi connectivity index (χ3n) is 3.17. The second-order valence-corrected chi connectivity index (χ2v) is 5.89. The number of benzene rings is 1. The predicted octanol–water partition coefficient (Wildman–Crippen LogP) is 3.20. The molecule has 2 heterocycles. The van der Waals surface area contributed by atoms with Crippen molar-refractivity contribution >= 4 is 21.4 Å². The van der Waals surface area contributed by atoms with E-state index in [1.54, 1.807) is 0 Å². The lowest BCUT2D eigenvalue weighted by Crippen LogP contribution is -2.22. The van der Waals surface area contributed by atoms with Gasteiger partial charge in [0.25, 0.3) is 0 Å². The summed E-state index contributed by atoms with van der Waals surface area (Å²) in [6.07, 6.45) is 0.220. The monoisotopic (exact) mass is 247 g/mol. The number of nitrogens with one attached hydrogen (secondary N) is 1. The average molecular weight is 247 g/mol. The molecule has 3 rings (SSSR count). The average Bonchev–Trinajstić information content (AvgIpc) is 2.65. The molecule has 17 heavy (non-hydrogen) atoms. The van der Waals surface area contributed by atoms with E-state index in [1.807, 2.05) is 11.3 Å². The molecule has 1 aliphatic rings. The summed E-state index contributed by atoms with van der Waals surface area (Å²) in [7, 11) is 0. The first-order valence-electron chi connectivity index (χ1n) is 6.14. The van der Waals surface area contributed by atoms with E-state index in [9.17, 15) is 0 Å². The van der Waals surface area contributed by atoms with Crippen LogP contribution in [-0.4, -0.2) is 19.7 Å². The lowest BCUT2D eigenvalue weighted by Gasteiger charge is -2.12. The van der Waals surface area contributed by atoms with Gasteiger partial charge in [0, 0.05) is 22.7 Å². The van der Waals surface area contributed by atoms with E-state index in [0.29, 0.717) is 5.92 Å². The molecule has 2 atom stereocenters. The number of thiophene rings is 1. The molecule has 90 valence electrons. The lowest BCUT2D eigenvalue weighted by atomic mass is 10.2. The lowest BCUT2D eigenvalue weighted by molar-refractivity contribution is 0.0538. The second-order valence-electron chi connectivity index (χ2n) is 4.77. The zero-order chi connectivity index (χ0) is 11.7. The minimum absolute atomic E-state index is 0.220. The second kappa shape index (κ2) is 4.77. The van der Waals surface area contributed by atoms with Crippen LogP contribution in [-0.2, 0) is 4.74 Å². The van der Waals surface area contributed by atoms with E-state index in [1.165, 1.54) is 15.0 Å². The molecule has 0 saturated carbocycles. The van der Waals surface area contributed by atoms with Gasteiger partial charge < -0.3 is 10.1 Å². The highest BCUT2D eigenvalue weighted by atomic mass is 32.1. The summed E-state index contributed by atoms with van der Waals surface area (Å²) in [5.74, 6) is 0.606. The molecule has 3 heteroatoms. The Morgan fingerprint density at radius 1 is 1.29 bits per heavy atom. The molecule has 2 unspecified atom stereocenters. The van der Waals surface area contributed by atoms with Gasteiger partial charge in [-0.1, -0.05) is 25.1 Å². The zero-order valence-corrected chi connectivity index (χ0v) is 10.8. The van der Waals surface area contributed by atoms with Crippen LogP contribution < -0.4 is 5.32 Å². The number of ether oxygens (including phenoxy) is 1. The van der Waals surface area contributed by atoms with Gasteiger partial charge in [-0.25, -0.2) is 0 Å². The van der Waals surface area contributed by atoms with Crippen LogP contribution in [0.1, 0.15) is 17.9 Å². The molecule has 2 aromatic rings. The quantitative estimate of drug-likeness (QED) is 0.835. The Morgan fingerprint density at radius 3 is 3.06 bits per heavy atom. The zero-order valence-electron chi connectivity index (χ0n) is 9.98. The molecule has 1 N–H and O–H groups in total. The van der Waals surface area contributed by atoms with Gasteiger partial charge in [0.15, 0.2) is 0 Å². The van der Waals surface area contributed by atoms with Gasteiger partial charge in [0.05, 0.1) is 6.61 Å². The summed E-state index contributed by atoms with van der Waals surface area (Å²) >= 11 is 1.85. The van der Waals surface area contributed by atoms with Crippen LogP contribution in [0.3, 0.4) is 0 Å². The Kier molecular flexibility index (Phi) is 3.14. The summed E-state index contributed by atoms with van der Waals surface area (Å²) in [6, 6.07) is 10.8. The number of hydrogen-bond acceptors (Lipinski definition) is 3. The van der Waals surface area contributed by atoms with E-state index in [0.717, 1.165) is 19.7 Å². The van der Waals surface area contributed by atoms with E-state index in [2.05, 4.69) is 42.6 Å². The fourth-order valence-electron chi connectivity index (χ4n) is 2.20. The standard InChI is InChI=1S/C14H17NOS/c1-10-7-15-8-12(16-9-10)14-6-11-4-2-3-5-13(11)17-14/h2-6,10,12,15H,7-9H2,1H3. The molecule has 0 amide bonds. The fraction of sp³-hybridized carbons (Fsp3) is 0.429. The van der Waals surface area contributed by atoms with Gasteiger partial charge in [-0.05, 0) is 23.4 Å². The molecule has 0 bridgehead atoms. The Balaban J connectivity index is 1.87. The van der Waals surface area contributed by atoms with Crippen molar-refractivity contribution in [2.45, 2.75) is 13.0 Å². The molecular formula is C14H17NOS. The molecule has 1 saturated heterocycles. The van der Waals surface area contributed by atoms with Gasteiger partial charge >= 0.3 is 0 Å². The van der Waals surface area contributed by atoms with Crippen LogP contribution in [0.4, 0.5) is 0 Å². The summed E-state index contributed by atoms with van der Waals surface area (Å²) in [5, 5.41) is 4.80. The van der Waals surface area contributed by atoms with Crippen LogP contribution in [0.2, 0.25) is 0 Å². The molecule has 1 aromatic carbocycles. The van der Waals surface area contributed by atoms with Gasteiger partial charge in [-0.2, -0.15) is 0 Å². The molecule has 0 aliphatic carbocycles. The van der Waals surface area contributed by atoms with Gasteiger partial charge in [-0.15, -0.1) is 11.3 Å². The van der Waals surface area contributed by atoms with E-state index in [4.69, 9.17) is 4.74 Å². The van der Waals surface area contributed by atoms with Gasteiger partial charge in [-0.3, -0.25) is 0 Å². The predicted molar refractivity (Wildman–Crippen MR) is 72.6 cm³/mol. The Bertz CT molecular complexity index is 475. The first kappa shape index (κ1) is 11.2. The molecule has 2 nitrogen and oxygen atoms in total. The molecule has 0 radical (unpaired) electrons.